The summed E-state index contributed by atoms with van der Waals surface area (Å²) in [5, 5.41) is 4.57. The number of hydrogen-bond acceptors (Lipinski definition) is 9. The molecule has 0 radical (unpaired) electrons. The standard InChI is InChI=1S/C68H74OS8/c1-5-9-13-17-21-49-41-43-70-65(49)59-37-33-55(72-59)57-35-39-61(74-57)67-51(23-19-15-11-7-3)45-63(76-67)47-25-29-53(30-26-47)69-54-31-27-48(28-32-54)64-46-52(24-20-16-12-8-4)68(77-64)62-40-36-58(75-62)56-34-38-60(73-56)66-50(42-44-71-66)22-18-14-10-6-2/h25-46H,5-24H2,1-4H3. The topological polar surface area (TPSA) is 9.23 Å². The van der Waals surface area contributed by atoms with Gasteiger partial charge in [-0.15, -0.1) is 90.7 Å². The average Bonchev–Trinajstić information content (AvgIpc) is 4.36. The number of unbranched alkanes of at least 4 members (excludes halogenated alkanes) is 12. The van der Waals surface area contributed by atoms with Gasteiger partial charge in [-0.1, -0.05) is 105 Å². The van der Waals surface area contributed by atoms with Gasteiger partial charge in [-0.3, -0.25) is 0 Å². The van der Waals surface area contributed by atoms with E-state index < -0.39 is 0 Å². The van der Waals surface area contributed by atoms with Gasteiger partial charge in [0.1, 0.15) is 11.5 Å². The molecule has 8 heterocycles. The summed E-state index contributed by atoms with van der Waals surface area (Å²) < 4.78 is 6.53. The Morgan fingerprint density at radius 1 is 0.273 bits per heavy atom. The number of hydrogen-bond donors (Lipinski definition) is 0. The molecular weight excluding hydrogens is 1090 g/mol. The molecule has 0 bridgehead atoms. The molecule has 0 saturated carbocycles. The third kappa shape index (κ3) is 14.4. The number of ether oxygens (including phenoxy) is 1. The van der Waals surface area contributed by atoms with Gasteiger partial charge in [0.25, 0.3) is 0 Å². The Morgan fingerprint density at radius 3 is 0.922 bits per heavy atom. The number of thiophene rings is 8. The quantitative estimate of drug-likeness (QED) is 0.0408. The Labute approximate surface area is 492 Å². The highest BCUT2D eigenvalue weighted by molar-refractivity contribution is 7.30. The zero-order valence-electron chi connectivity index (χ0n) is 45.5. The van der Waals surface area contributed by atoms with Gasteiger partial charge < -0.3 is 4.74 Å². The van der Waals surface area contributed by atoms with Gasteiger partial charge in [0, 0.05) is 68.3 Å². The minimum Gasteiger partial charge on any atom is -0.457 e. The van der Waals surface area contributed by atoms with E-state index in [1.807, 2.05) is 90.7 Å². The van der Waals surface area contributed by atoms with Gasteiger partial charge in [-0.25, -0.2) is 0 Å². The number of benzene rings is 2. The third-order valence-corrected chi connectivity index (χ3v) is 24.4. The normalized spacial score (nSPS) is 11.6. The third-order valence-electron chi connectivity index (χ3n) is 14.6. The Kier molecular flexibility index (Phi) is 20.6. The van der Waals surface area contributed by atoms with Crippen LogP contribution in [0.2, 0.25) is 0 Å². The molecule has 10 rings (SSSR count). The molecule has 2 aromatic carbocycles. The van der Waals surface area contributed by atoms with Gasteiger partial charge in [0.05, 0.1) is 0 Å². The van der Waals surface area contributed by atoms with Crippen LogP contribution in [0.1, 0.15) is 153 Å². The predicted molar refractivity (Wildman–Crippen MR) is 351 cm³/mol. The van der Waals surface area contributed by atoms with E-state index in [4.69, 9.17) is 4.74 Å². The van der Waals surface area contributed by atoms with Crippen LogP contribution in [0.3, 0.4) is 0 Å². The van der Waals surface area contributed by atoms with Gasteiger partial charge in [0.2, 0.25) is 0 Å². The van der Waals surface area contributed by atoms with Crippen LogP contribution >= 0.6 is 90.7 Å². The van der Waals surface area contributed by atoms with E-state index in [0.717, 1.165) is 24.3 Å². The summed E-state index contributed by atoms with van der Waals surface area (Å²) in [6.07, 6.45) is 25.2. The van der Waals surface area contributed by atoms with E-state index in [1.54, 1.807) is 0 Å². The Morgan fingerprint density at radius 2 is 0.584 bits per heavy atom. The van der Waals surface area contributed by atoms with Crippen molar-refractivity contribution >= 4 is 90.7 Å². The molecule has 8 aromatic heterocycles. The zero-order valence-corrected chi connectivity index (χ0v) is 52.1. The Hall–Kier alpha value is -4.16. The van der Waals surface area contributed by atoms with E-state index in [-0.39, 0.29) is 0 Å². The van der Waals surface area contributed by atoms with Crippen molar-refractivity contribution in [3.63, 3.8) is 0 Å². The smallest absolute Gasteiger partial charge is 0.127 e. The molecule has 0 aliphatic rings. The predicted octanol–water partition coefficient (Wildman–Crippen LogP) is 25.8. The Bertz CT molecular complexity index is 3130. The molecule has 1 nitrogen and oxygen atoms in total. The fourth-order valence-electron chi connectivity index (χ4n) is 10.3. The lowest BCUT2D eigenvalue weighted by Gasteiger charge is -2.07. The maximum atomic E-state index is 6.53. The molecule has 0 aliphatic heterocycles. The first-order valence-electron chi connectivity index (χ1n) is 28.7. The molecule has 0 saturated heterocycles. The van der Waals surface area contributed by atoms with E-state index in [1.165, 1.54) is 217 Å². The van der Waals surface area contributed by atoms with Crippen LogP contribution in [-0.4, -0.2) is 0 Å². The van der Waals surface area contributed by atoms with Crippen molar-refractivity contribution in [2.75, 3.05) is 0 Å². The second-order valence-corrected chi connectivity index (χ2v) is 28.8. The van der Waals surface area contributed by atoms with Crippen LogP contribution in [-0.2, 0) is 25.7 Å². The van der Waals surface area contributed by atoms with Crippen molar-refractivity contribution in [1.29, 1.82) is 0 Å². The molecule has 0 N–H and O–H groups in total. The molecule has 9 heteroatoms. The molecule has 0 unspecified atom stereocenters. The van der Waals surface area contributed by atoms with Crippen molar-refractivity contribution in [3.8, 4) is 90.9 Å². The van der Waals surface area contributed by atoms with Gasteiger partial charge in [-0.2, -0.15) is 0 Å². The van der Waals surface area contributed by atoms with Crippen molar-refractivity contribution in [1.82, 2.24) is 0 Å². The van der Waals surface area contributed by atoms with Crippen molar-refractivity contribution in [2.24, 2.45) is 0 Å². The average molecular weight is 1160 g/mol. The van der Waals surface area contributed by atoms with Crippen LogP contribution in [0.25, 0.3) is 79.4 Å². The van der Waals surface area contributed by atoms with Crippen LogP contribution in [0.15, 0.2) is 132 Å². The summed E-state index contributed by atoms with van der Waals surface area (Å²) in [6.45, 7) is 9.19. The minimum atomic E-state index is 0.861. The summed E-state index contributed by atoms with van der Waals surface area (Å²) >= 11 is 15.5. The molecule has 77 heavy (non-hydrogen) atoms. The molecule has 0 fully saturated rings. The lowest BCUT2D eigenvalue weighted by atomic mass is 10.0. The molecular formula is C68H74OS8. The lowest BCUT2D eigenvalue weighted by molar-refractivity contribution is 0.483. The summed E-state index contributed by atoms with van der Waals surface area (Å²) in [6, 6.07) is 46.1. The Balaban J connectivity index is 0.814. The van der Waals surface area contributed by atoms with Crippen molar-refractivity contribution < 1.29 is 4.74 Å². The first-order chi connectivity index (χ1) is 38.0. The molecule has 10 aromatic rings. The second kappa shape index (κ2) is 28.3. The van der Waals surface area contributed by atoms with E-state index in [9.17, 15) is 0 Å². The largest absolute Gasteiger partial charge is 0.457 e. The monoisotopic (exact) mass is 1160 g/mol. The lowest BCUT2D eigenvalue weighted by Crippen LogP contribution is -1.86. The SMILES string of the molecule is CCCCCCc1ccsc1-c1ccc(-c2ccc(-c3sc(-c4ccc(Oc5ccc(-c6cc(CCCCCC)c(-c7ccc(-c8ccc(-c9sccc9CCCCCC)s8)s7)s6)cc5)cc4)cc3CCCCCC)s2)s1. The first-order valence-corrected chi connectivity index (χ1v) is 35.3. The number of rotatable bonds is 30. The van der Waals surface area contributed by atoms with Crippen LogP contribution in [0, 0.1) is 0 Å². The van der Waals surface area contributed by atoms with Gasteiger partial charge in [-0.05, 0) is 217 Å². The maximum Gasteiger partial charge on any atom is 0.127 e. The number of aryl methyl sites for hydroxylation is 4. The molecule has 0 aliphatic carbocycles. The fraction of sp³-hybridized carbons (Fsp3) is 0.353. The molecule has 0 spiro atoms. The highest BCUT2D eigenvalue weighted by Gasteiger charge is 2.20. The van der Waals surface area contributed by atoms with E-state index in [0.29, 0.717) is 0 Å². The summed E-state index contributed by atoms with van der Waals surface area (Å²) in [5.74, 6) is 1.72. The summed E-state index contributed by atoms with van der Waals surface area (Å²) in [5.41, 5.74) is 8.51. The van der Waals surface area contributed by atoms with Gasteiger partial charge >= 0.3 is 0 Å². The molecule has 400 valence electrons. The molecule has 0 atom stereocenters. The molecule has 0 amide bonds. The fourth-order valence-corrected chi connectivity index (χ4v) is 19.4. The van der Waals surface area contributed by atoms with E-state index in [2.05, 4.69) is 160 Å². The summed E-state index contributed by atoms with van der Waals surface area (Å²) in [4.78, 5) is 19.5. The highest BCUT2D eigenvalue weighted by atomic mass is 32.1. The van der Waals surface area contributed by atoms with Crippen molar-refractivity contribution in [3.05, 3.63) is 154 Å². The van der Waals surface area contributed by atoms with E-state index >= 15 is 0 Å². The minimum absolute atomic E-state index is 0.861. The van der Waals surface area contributed by atoms with Crippen molar-refractivity contribution in [2.45, 2.75) is 156 Å². The summed E-state index contributed by atoms with van der Waals surface area (Å²) in [7, 11) is 0. The highest BCUT2D eigenvalue weighted by Crippen LogP contribution is 2.49. The maximum absolute atomic E-state index is 6.53. The van der Waals surface area contributed by atoms with Crippen LogP contribution < -0.4 is 4.74 Å². The first kappa shape index (κ1) is 56.1. The second-order valence-electron chi connectivity index (χ2n) is 20.5. The van der Waals surface area contributed by atoms with Crippen LogP contribution in [0.4, 0.5) is 0 Å². The van der Waals surface area contributed by atoms with Crippen LogP contribution in [0.5, 0.6) is 11.5 Å². The zero-order chi connectivity index (χ0) is 52.8. The van der Waals surface area contributed by atoms with Gasteiger partial charge in [0.15, 0.2) is 0 Å².